The van der Waals surface area contributed by atoms with Gasteiger partial charge < -0.3 is 4.42 Å². The van der Waals surface area contributed by atoms with Gasteiger partial charge in [0.2, 0.25) is 0 Å². The Kier molecular flexibility index (Phi) is 3.15. The number of hydrogen-bond acceptors (Lipinski definition) is 5. The summed E-state index contributed by atoms with van der Waals surface area (Å²) in [5, 5.41) is 0. The fourth-order valence-corrected chi connectivity index (χ4v) is 2.15. The van der Waals surface area contributed by atoms with Crippen molar-refractivity contribution in [3.8, 4) is 0 Å². The molecule has 2 aromatic heterocycles. The highest BCUT2D eigenvalue weighted by molar-refractivity contribution is 7.09. The molecule has 0 bridgehead atoms. The van der Waals surface area contributed by atoms with Gasteiger partial charge >= 0.3 is 0 Å². The zero-order valence-electron chi connectivity index (χ0n) is 8.43. The maximum atomic E-state index is 5.52. The van der Waals surface area contributed by atoms with Crippen molar-refractivity contribution in [2.75, 3.05) is 0 Å². The van der Waals surface area contributed by atoms with Crippen LogP contribution in [0.2, 0.25) is 0 Å². The van der Waals surface area contributed by atoms with Crippen molar-refractivity contribution >= 4 is 11.3 Å². The summed E-state index contributed by atoms with van der Waals surface area (Å²) in [5.74, 6) is 6.42. The number of aryl methyl sites for hydroxylation is 1. The molecule has 4 nitrogen and oxygen atoms in total. The second-order valence-corrected chi connectivity index (χ2v) is 4.33. The Bertz CT molecular complexity index is 410. The van der Waals surface area contributed by atoms with Crippen molar-refractivity contribution in [1.82, 2.24) is 10.4 Å². The van der Waals surface area contributed by atoms with E-state index in [2.05, 4.69) is 10.4 Å². The van der Waals surface area contributed by atoms with Gasteiger partial charge in [0, 0.05) is 17.5 Å². The summed E-state index contributed by atoms with van der Waals surface area (Å²) in [6.45, 7) is 2.01. The lowest BCUT2D eigenvalue weighted by Gasteiger charge is -2.12. The summed E-state index contributed by atoms with van der Waals surface area (Å²) < 4.78 is 5.41. The third kappa shape index (κ3) is 2.26. The number of nitrogens with zero attached hydrogens (tertiary/aromatic N) is 1. The summed E-state index contributed by atoms with van der Waals surface area (Å²) in [5.41, 5.74) is 5.70. The van der Waals surface area contributed by atoms with E-state index < -0.39 is 0 Å². The van der Waals surface area contributed by atoms with Gasteiger partial charge in [0.1, 0.15) is 5.76 Å². The van der Waals surface area contributed by atoms with Gasteiger partial charge in [0.25, 0.3) is 0 Å². The molecule has 3 N–H and O–H groups in total. The van der Waals surface area contributed by atoms with Crippen LogP contribution in [0, 0.1) is 6.92 Å². The standard InChI is InChI=1S/C10H13N3OS/c1-7-2-3-14-10(7)9(13-11)4-8-5-12-6-15-8/h2-3,5-6,9,13H,4,11H2,1H3. The molecular formula is C10H13N3OS. The Hall–Kier alpha value is -1.17. The fraction of sp³-hybridized carbons (Fsp3) is 0.300. The molecule has 0 saturated heterocycles. The number of hydrogen-bond donors (Lipinski definition) is 2. The third-order valence-corrected chi connectivity index (χ3v) is 3.11. The predicted octanol–water partition coefficient (Wildman–Crippen LogP) is 1.79. The van der Waals surface area contributed by atoms with Crippen molar-refractivity contribution in [2.24, 2.45) is 5.84 Å². The van der Waals surface area contributed by atoms with Crippen molar-refractivity contribution in [3.63, 3.8) is 0 Å². The molecule has 0 aromatic carbocycles. The molecule has 2 heterocycles. The predicted molar refractivity (Wildman–Crippen MR) is 59.3 cm³/mol. The van der Waals surface area contributed by atoms with Gasteiger partial charge in [-0.3, -0.25) is 10.8 Å². The molecule has 5 heteroatoms. The first kappa shape index (κ1) is 10.4. The third-order valence-electron chi connectivity index (χ3n) is 2.31. The van der Waals surface area contributed by atoms with Crippen LogP contribution in [0.15, 0.2) is 28.5 Å². The van der Waals surface area contributed by atoms with Crippen LogP contribution in [0.25, 0.3) is 0 Å². The number of rotatable bonds is 4. The maximum absolute atomic E-state index is 5.52. The smallest absolute Gasteiger partial charge is 0.125 e. The van der Waals surface area contributed by atoms with Crippen molar-refractivity contribution in [3.05, 3.63) is 40.2 Å². The molecule has 0 aliphatic carbocycles. The van der Waals surface area contributed by atoms with E-state index in [1.54, 1.807) is 17.6 Å². The largest absolute Gasteiger partial charge is 0.467 e. The SMILES string of the molecule is Cc1ccoc1C(Cc1cncs1)NN. The van der Waals surface area contributed by atoms with Crippen molar-refractivity contribution in [2.45, 2.75) is 19.4 Å². The average molecular weight is 223 g/mol. The Morgan fingerprint density at radius 3 is 3.07 bits per heavy atom. The highest BCUT2D eigenvalue weighted by Crippen LogP contribution is 2.23. The number of nitrogens with one attached hydrogen (secondary N) is 1. The van der Waals surface area contributed by atoms with E-state index in [0.29, 0.717) is 0 Å². The number of furan rings is 1. The molecule has 1 unspecified atom stereocenters. The zero-order chi connectivity index (χ0) is 10.7. The van der Waals surface area contributed by atoms with E-state index in [1.807, 2.05) is 24.7 Å². The zero-order valence-corrected chi connectivity index (χ0v) is 9.25. The molecule has 0 aliphatic rings. The molecule has 15 heavy (non-hydrogen) atoms. The molecule has 0 aliphatic heterocycles. The van der Waals surface area contributed by atoms with E-state index in [9.17, 15) is 0 Å². The molecule has 0 radical (unpaired) electrons. The topological polar surface area (TPSA) is 64.1 Å². The summed E-state index contributed by atoms with van der Waals surface area (Å²) >= 11 is 1.62. The second kappa shape index (κ2) is 4.57. The molecule has 0 spiro atoms. The van der Waals surface area contributed by atoms with Gasteiger partial charge in [-0.1, -0.05) is 0 Å². The Labute approximate surface area is 92.1 Å². The average Bonchev–Trinajstić information content (AvgIpc) is 2.85. The van der Waals surface area contributed by atoms with Gasteiger partial charge in [-0.2, -0.15) is 0 Å². The highest BCUT2D eigenvalue weighted by atomic mass is 32.1. The quantitative estimate of drug-likeness (QED) is 0.612. The van der Waals surface area contributed by atoms with Crippen LogP contribution >= 0.6 is 11.3 Å². The van der Waals surface area contributed by atoms with E-state index in [0.717, 1.165) is 17.7 Å². The van der Waals surface area contributed by atoms with Crippen LogP contribution in [0.5, 0.6) is 0 Å². The second-order valence-electron chi connectivity index (χ2n) is 3.36. The Morgan fingerprint density at radius 1 is 1.67 bits per heavy atom. The number of aromatic nitrogens is 1. The van der Waals surface area contributed by atoms with Crippen molar-refractivity contribution < 1.29 is 4.42 Å². The van der Waals surface area contributed by atoms with Crippen LogP contribution in [0.3, 0.4) is 0 Å². The van der Waals surface area contributed by atoms with Gasteiger partial charge in [0.05, 0.1) is 17.8 Å². The summed E-state index contributed by atoms with van der Waals surface area (Å²) in [6, 6.07) is 1.95. The van der Waals surface area contributed by atoms with Crippen LogP contribution in [-0.4, -0.2) is 4.98 Å². The van der Waals surface area contributed by atoms with Crippen molar-refractivity contribution in [1.29, 1.82) is 0 Å². The fourth-order valence-electron chi connectivity index (χ4n) is 1.51. The lowest BCUT2D eigenvalue weighted by molar-refractivity contribution is 0.414. The molecule has 0 fully saturated rings. The van der Waals surface area contributed by atoms with Crippen LogP contribution in [0.4, 0.5) is 0 Å². The first-order valence-corrected chi connectivity index (χ1v) is 5.56. The number of hydrazine groups is 1. The van der Waals surface area contributed by atoms with Gasteiger partial charge in [-0.05, 0) is 18.6 Å². The Balaban J connectivity index is 2.15. The summed E-state index contributed by atoms with van der Waals surface area (Å²) in [4.78, 5) is 5.22. The molecule has 1 atom stereocenters. The minimum atomic E-state index is 0.0143. The molecule has 80 valence electrons. The van der Waals surface area contributed by atoms with Crippen LogP contribution < -0.4 is 11.3 Å². The van der Waals surface area contributed by atoms with Crippen LogP contribution in [0.1, 0.15) is 22.2 Å². The lowest BCUT2D eigenvalue weighted by atomic mass is 10.1. The monoisotopic (exact) mass is 223 g/mol. The number of thiazole rings is 1. The lowest BCUT2D eigenvalue weighted by Crippen LogP contribution is -2.29. The van der Waals surface area contributed by atoms with E-state index >= 15 is 0 Å². The first-order valence-electron chi connectivity index (χ1n) is 4.68. The molecular weight excluding hydrogens is 210 g/mol. The normalized spacial score (nSPS) is 12.9. The minimum Gasteiger partial charge on any atom is -0.467 e. The van der Waals surface area contributed by atoms with E-state index in [1.165, 1.54) is 4.88 Å². The summed E-state index contributed by atoms with van der Waals surface area (Å²) in [6.07, 6.45) is 4.34. The molecule has 0 saturated carbocycles. The highest BCUT2D eigenvalue weighted by Gasteiger charge is 2.16. The minimum absolute atomic E-state index is 0.0143. The molecule has 2 aromatic rings. The first-order chi connectivity index (χ1) is 7.31. The van der Waals surface area contributed by atoms with Crippen LogP contribution in [-0.2, 0) is 6.42 Å². The maximum Gasteiger partial charge on any atom is 0.125 e. The Morgan fingerprint density at radius 2 is 2.53 bits per heavy atom. The molecule has 0 amide bonds. The van der Waals surface area contributed by atoms with E-state index in [-0.39, 0.29) is 6.04 Å². The van der Waals surface area contributed by atoms with Gasteiger partial charge in [-0.15, -0.1) is 11.3 Å². The van der Waals surface area contributed by atoms with Gasteiger partial charge in [-0.25, -0.2) is 5.43 Å². The molecule has 2 rings (SSSR count). The number of nitrogens with two attached hydrogens (primary N) is 1. The summed E-state index contributed by atoms with van der Waals surface area (Å²) in [7, 11) is 0. The van der Waals surface area contributed by atoms with Gasteiger partial charge in [0.15, 0.2) is 0 Å². The van der Waals surface area contributed by atoms with E-state index in [4.69, 9.17) is 10.3 Å².